The number of halogens is 1. The summed E-state index contributed by atoms with van der Waals surface area (Å²) in [6, 6.07) is 1.09. The second kappa shape index (κ2) is 6.80. The molecule has 0 aliphatic rings. The fourth-order valence-corrected chi connectivity index (χ4v) is 1.64. The van der Waals surface area contributed by atoms with Gasteiger partial charge in [0.25, 0.3) is 11.6 Å². The summed E-state index contributed by atoms with van der Waals surface area (Å²) in [5.74, 6) is -1.98. The maximum absolute atomic E-state index is 11.9. The lowest BCUT2D eigenvalue weighted by molar-refractivity contribution is -0.385. The third kappa shape index (κ3) is 4.47. The van der Waals surface area contributed by atoms with E-state index in [9.17, 15) is 19.7 Å². The molecule has 0 radical (unpaired) electrons. The van der Waals surface area contributed by atoms with Crippen LogP contribution in [-0.2, 0) is 4.79 Å². The standard InChI is InChI=1S/C11H12ClN3O5/c1-6(2-10(16)17)4-14-11(18)7-3-9(12)13-5-8(7)15(19)20/h3,5-6H,2,4H2,1H3,(H,14,18)(H,16,17). The van der Waals surface area contributed by atoms with Crippen LogP contribution in [0.5, 0.6) is 0 Å². The second-order valence-electron chi connectivity index (χ2n) is 4.19. The Morgan fingerprint density at radius 2 is 2.25 bits per heavy atom. The first-order valence-corrected chi connectivity index (χ1v) is 5.99. The Morgan fingerprint density at radius 1 is 1.60 bits per heavy atom. The van der Waals surface area contributed by atoms with Crippen molar-refractivity contribution >= 4 is 29.2 Å². The van der Waals surface area contributed by atoms with Gasteiger partial charge in [-0.3, -0.25) is 19.7 Å². The summed E-state index contributed by atoms with van der Waals surface area (Å²) in [6.45, 7) is 1.73. The molecular weight excluding hydrogens is 290 g/mol. The number of aromatic nitrogens is 1. The summed E-state index contributed by atoms with van der Waals surface area (Å²) in [6.07, 6.45) is 0.789. The molecule has 9 heteroatoms. The first-order chi connectivity index (χ1) is 9.31. The van der Waals surface area contributed by atoms with Gasteiger partial charge < -0.3 is 10.4 Å². The van der Waals surface area contributed by atoms with Crippen molar-refractivity contribution in [1.29, 1.82) is 0 Å². The number of nitrogens with zero attached hydrogens (tertiary/aromatic N) is 2. The van der Waals surface area contributed by atoms with Gasteiger partial charge in [0, 0.05) is 13.0 Å². The summed E-state index contributed by atoms with van der Waals surface area (Å²) < 4.78 is 0. The van der Waals surface area contributed by atoms with Crippen molar-refractivity contribution in [3.8, 4) is 0 Å². The van der Waals surface area contributed by atoms with Crippen LogP contribution >= 0.6 is 11.6 Å². The molecule has 108 valence electrons. The molecule has 0 aliphatic heterocycles. The molecule has 1 unspecified atom stereocenters. The molecule has 0 bridgehead atoms. The maximum atomic E-state index is 11.9. The van der Waals surface area contributed by atoms with E-state index >= 15 is 0 Å². The number of carbonyl (C=O) groups is 2. The first kappa shape index (κ1) is 15.8. The Bertz CT molecular complexity index is 549. The number of carbonyl (C=O) groups excluding carboxylic acids is 1. The van der Waals surface area contributed by atoms with E-state index in [1.165, 1.54) is 0 Å². The largest absolute Gasteiger partial charge is 0.481 e. The van der Waals surface area contributed by atoms with Gasteiger partial charge in [-0.1, -0.05) is 18.5 Å². The van der Waals surface area contributed by atoms with Crippen LogP contribution in [0.4, 0.5) is 5.69 Å². The van der Waals surface area contributed by atoms with Crippen molar-refractivity contribution in [1.82, 2.24) is 10.3 Å². The third-order valence-corrected chi connectivity index (χ3v) is 2.63. The molecule has 0 aliphatic carbocycles. The molecule has 1 heterocycles. The van der Waals surface area contributed by atoms with Crippen molar-refractivity contribution in [2.75, 3.05) is 6.54 Å². The molecule has 8 nitrogen and oxygen atoms in total. The van der Waals surface area contributed by atoms with Gasteiger partial charge in [0.1, 0.15) is 16.9 Å². The van der Waals surface area contributed by atoms with Crippen LogP contribution in [0.25, 0.3) is 0 Å². The van der Waals surface area contributed by atoms with Gasteiger partial charge in [0.15, 0.2) is 0 Å². The molecule has 1 rings (SSSR count). The summed E-state index contributed by atoms with van der Waals surface area (Å²) in [7, 11) is 0. The Morgan fingerprint density at radius 3 is 2.80 bits per heavy atom. The Balaban J connectivity index is 2.79. The van der Waals surface area contributed by atoms with E-state index in [-0.39, 0.29) is 29.6 Å². The predicted octanol–water partition coefficient (Wildman–Crippen LogP) is 1.48. The van der Waals surface area contributed by atoms with E-state index in [1.807, 2.05) is 0 Å². The van der Waals surface area contributed by atoms with Crippen LogP contribution in [0.15, 0.2) is 12.3 Å². The molecule has 1 aromatic heterocycles. The van der Waals surface area contributed by atoms with Crippen molar-refractivity contribution in [3.63, 3.8) is 0 Å². The first-order valence-electron chi connectivity index (χ1n) is 5.61. The zero-order chi connectivity index (χ0) is 15.3. The molecule has 1 amide bonds. The second-order valence-corrected chi connectivity index (χ2v) is 4.58. The molecule has 0 saturated heterocycles. The van der Waals surface area contributed by atoms with E-state index in [4.69, 9.17) is 16.7 Å². The Kier molecular flexibility index (Phi) is 5.39. The predicted molar refractivity (Wildman–Crippen MR) is 69.7 cm³/mol. The Hall–Kier alpha value is -2.22. The van der Waals surface area contributed by atoms with Crippen LogP contribution in [0.2, 0.25) is 5.15 Å². The van der Waals surface area contributed by atoms with Crippen LogP contribution in [0, 0.1) is 16.0 Å². The van der Waals surface area contributed by atoms with Crippen molar-refractivity contribution < 1.29 is 19.6 Å². The summed E-state index contributed by atoms with van der Waals surface area (Å²) in [5, 5.41) is 21.8. The van der Waals surface area contributed by atoms with Crippen molar-refractivity contribution in [2.24, 2.45) is 5.92 Å². The molecule has 0 aromatic carbocycles. The van der Waals surface area contributed by atoms with Gasteiger partial charge in [-0.25, -0.2) is 4.98 Å². The molecule has 0 fully saturated rings. The number of pyridine rings is 1. The van der Waals surface area contributed by atoms with Gasteiger partial charge >= 0.3 is 5.97 Å². The SMILES string of the molecule is CC(CNC(=O)c1cc(Cl)ncc1[N+](=O)[O-])CC(=O)O. The fraction of sp³-hybridized carbons (Fsp3) is 0.364. The molecule has 1 atom stereocenters. The third-order valence-electron chi connectivity index (χ3n) is 2.43. The van der Waals surface area contributed by atoms with Crippen molar-refractivity contribution in [2.45, 2.75) is 13.3 Å². The number of carboxylic acid groups (broad SMARTS) is 1. The molecule has 0 saturated carbocycles. The van der Waals surface area contributed by atoms with Gasteiger partial charge in [-0.2, -0.15) is 0 Å². The molecule has 1 aromatic rings. The monoisotopic (exact) mass is 301 g/mol. The minimum atomic E-state index is -0.982. The number of hydrogen-bond donors (Lipinski definition) is 2. The molecular formula is C11H12ClN3O5. The zero-order valence-electron chi connectivity index (χ0n) is 10.5. The van der Waals surface area contributed by atoms with E-state index in [2.05, 4.69) is 10.3 Å². The summed E-state index contributed by atoms with van der Waals surface area (Å²) in [4.78, 5) is 35.9. The topological polar surface area (TPSA) is 122 Å². The van der Waals surface area contributed by atoms with Crippen LogP contribution in [-0.4, -0.2) is 33.4 Å². The lowest BCUT2D eigenvalue weighted by atomic mass is 10.1. The van der Waals surface area contributed by atoms with Crippen LogP contribution < -0.4 is 5.32 Å². The quantitative estimate of drug-likeness (QED) is 0.466. The highest BCUT2D eigenvalue weighted by molar-refractivity contribution is 6.29. The zero-order valence-corrected chi connectivity index (χ0v) is 11.3. The Labute approximate surface area is 118 Å². The van der Waals surface area contributed by atoms with E-state index in [1.54, 1.807) is 6.92 Å². The lowest BCUT2D eigenvalue weighted by Gasteiger charge is -2.10. The molecule has 20 heavy (non-hydrogen) atoms. The van der Waals surface area contributed by atoms with E-state index in [0.717, 1.165) is 12.3 Å². The molecule has 0 spiro atoms. The number of carboxylic acids is 1. The maximum Gasteiger partial charge on any atom is 0.303 e. The normalized spacial score (nSPS) is 11.7. The van der Waals surface area contributed by atoms with E-state index in [0.29, 0.717) is 0 Å². The number of nitro groups is 1. The van der Waals surface area contributed by atoms with Crippen LogP contribution in [0.1, 0.15) is 23.7 Å². The van der Waals surface area contributed by atoms with Gasteiger partial charge in [0.2, 0.25) is 0 Å². The highest BCUT2D eigenvalue weighted by Gasteiger charge is 2.21. The molecule has 2 N–H and O–H groups in total. The lowest BCUT2D eigenvalue weighted by Crippen LogP contribution is -2.29. The summed E-state index contributed by atoms with van der Waals surface area (Å²) in [5.41, 5.74) is -0.671. The average molecular weight is 302 g/mol. The fourth-order valence-electron chi connectivity index (χ4n) is 1.48. The highest BCUT2D eigenvalue weighted by Crippen LogP contribution is 2.20. The number of amides is 1. The minimum Gasteiger partial charge on any atom is -0.481 e. The van der Waals surface area contributed by atoms with Crippen molar-refractivity contribution in [3.05, 3.63) is 33.1 Å². The highest BCUT2D eigenvalue weighted by atomic mass is 35.5. The minimum absolute atomic E-state index is 0.0423. The van der Waals surface area contributed by atoms with Crippen LogP contribution in [0.3, 0.4) is 0 Å². The summed E-state index contributed by atoms with van der Waals surface area (Å²) >= 11 is 5.61. The number of nitrogens with one attached hydrogen (secondary N) is 1. The van der Waals surface area contributed by atoms with Gasteiger partial charge in [-0.15, -0.1) is 0 Å². The average Bonchev–Trinajstić information content (AvgIpc) is 2.34. The smallest absolute Gasteiger partial charge is 0.303 e. The number of rotatable bonds is 6. The van der Waals surface area contributed by atoms with Gasteiger partial charge in [0.05, 0.1) is 4.92 Å². The van der Waals surface area contributed by atoms with Gasteiger partial charge in [-0.05, 0) is 12.0 Å². The van der Waals surface area contributed by atoms with E-state index < -0.39 is 22.5 Å². The number of hydrogen-bond acceptors (Lipinski definition) is 5. The number of aliphatic carboxylic acids is 1.